The molecule has 0 spiro atoms. The molecule has 20 heavy (non-hydrogen) atoms. The number of nitrogens with one attached hydrogen (secondary N) is 1. The van der Waals surface area contributed by atoms with Gasteiger partial charge in [0, 0.05) is 5.56 Å². The highest BCUT2D eigenvalue weighted by Crippen LogP contribution is 2.30. The van der Waals surface area contributed by atoms with Crippen LogP contribution >= 0.6 is 11.6 Å². The first kappa shape index (κ1) is 14.6. The Morgan fingerprint density at radius 2 is 2.00 bits per heavy atom. The molecule has 0 fully saturated rings. The lowest BCUT2D eigenvalue weighted by Gasteiger charge is -2.14. The van der Waals surface area contributed by atoms with Crippen LogP contribution in [0.4, 0.5) is 11.5 Å². The third kappa shape index (κ3) is 3.39. The van der Waals surface area contributed by atoms with Gasteiger partial charge in [-0.25, -0.2) is 9.97 Å². The quantitative estimate of drug-likeness (QED) is 0.809. The van der Waals surface area contributed by atoms with Crippen LogP contribution in [0.2, 0.25) is 5.15 Å². The van der Waals surface area contributed by atoms with Crippen LogP contribution in [-0.4, -0.2) is 16.6 Å². The van der Waals surface area contributed by atoms with E-state index in [0.29, 0.717) is 11.8 Å². The van der Waals surface area contributed by atoms with E-state index in [2.05, 4.69) is 22.2 Å². The van der Waals surface area contributed by atoms with Crippen molar-refractivity contribution >= 4 is 23.1 Å². The SMILES string of the molecule is CCCc1c(Cl)ncnc1Nc1ccccc1OCC. The number of ether oxygens (including phenoxy) is 1. The van der Waals surface area contributed by atoms with Crippen molar-refractivity contribution in [3.05, 3.63) is 41.3 Å². The van der Waals surface area contributed by atoms with Gasteiger partial charge in [-0.1, -0.05) is 37.1 Å². The first-order valence-corrected chi connectivity index (χ1v) is 7.12. The van der Waals surface area contributed by atoms with Gasteiger partial charge in [-0.3, -0.25) is 0 Å². The van der Waals surface area contributed by atoms with Gasteiger partial charge in [-0.05, 0) is 25.5 Å². The first-order chi connectivity index (χ1) is 9.76. The first-order valence-electron chi connectivity index (χ1n) is 6.74. The predicted molar refractivity (Wildman–Crippen MR) is 81.9 cm³/mol. The summed E-state index contributed by atoms with van der Waals surface area (Å²) < 4.78 is 5.60. The minimum absolute atomic E-state index is 0.498. The number of halogens is 1. The average Bonchev–Trinajstić information content (AvgIpc) is 2.45. The van der Waals surface area contributed by atoms with E-state index in [1.165, 1.54) is 6.33 Å². The van der Waals surface area contributed by atoms with Crippen LogP contribution in [-0.2, 0) is 6.42 Å². The van der Waals surface area contributed by atoms with Gasteiger partial charge in [0.25, 0.3) is 0 Å². The van der Waals surface area contributed by atoms with Crippen LogP contribution < -0.4 is 10.1 Å². The standard InChI is InChI=1S/C15H18ClN3O/c1-3-7-11-14(16)17-10-18-15(11)19-12-8-5-6-9-13(12)20-4-2/h5-6,8-10H,3-4,7H2,1-2H3,(H,17,18,19). The minimum atomic E-state index is 0.498. The fourth-order valence-corrected chi connectivity index (χ4v) is 2.18. The monoisotopic (exact) mass is 291 g/mol. The fraction of sp³-hybridized carbons (Fsp3) is 0.333. The molecule has 0 radical (unpaired) electrons. The zero-order valence-electron chi connectivity index (χ0n) is 11.7. The average molecular weight is 292 g/mol. The summed E-state index contributed by atoms with van der Waals surface area (Å²) in [6.45, 7) is 4.67. The topological polar surface area (TPSA) is 47.0 Å². The molecule has 2 aromatic rings. The number of nitrogens with zero attached hydrogens (tertiary/aromatic N) is 2. The van der Waals surface area contributed by atoms with Gasteiger partial charge >= 0.3 is 0 Å². The van der Waals surface area contributed by atoms with Crippen molar-refractivity contribution in [2.45, 2.75) is 26.7 Å². The normalized spacial score (nSPS) is 10.3. The Morgan fingerprint density at radius 1 is 1.20 bits per heavy atom. The molecule has 2 rings (SSSR count). The number of aromatic nitrogens is 2. The van der Waals surface area contributed by atoms with E-state index in [4.69, 9.17) is 16.3 Å². The van der Waals surface area contributed by atoms with Gasteiger partial charge in [0.2, 0.25) is 0 Å². The maximum atomic E-state index is 6.15. The third-order valence-corrected chi connectivity index (χ3v) is 3.16. The highest BCUT2D eigenvalue weighted by molar-refractivity contribution is 6.30. The lowest BCUT2D eigenvalue weighted by atomic mass is 10.2. The maximum absolute atomic E-state index is 6.15. The summed E-state index contributed by atoms with van der Waals surface area (Å²) in [7, 11) is 0. The molecule has 1 heterocycles. The van der Waals surface area contributed by atoms with Crippen molar-refractivity contribution < 1.29 is 4.74 Å². The summed E-state index contributed by atoms with van der Waals surface area (Å²) >= 11 is 6.15. The molecule has 4 nitrogen and oxygen atoms in total. The van der Waals surface area contributed by atoms with Gasteiger partial charge < -0.3 is 10.1 Å². The molecular weight excluding hydrogens is 274 g/mol. The molecule has 0 aliphatic rings. The number of benzene rings is 1. The minimum Gasteiger partial charge on any atom is -0.492 e. The van der Waals surface area contributed by atoms with Gasteiger partial charge in [0.05, 0.1) is 12.3 Å². The number of anilines is 2. The molecule has 1 aromatic heterocycles. The van der Waals surface area contributed by atoms with E-state index in [-0.39, 0.29) is 0 Å². The highest BCUT2D eigenvalue weighted by Gasteiger charge is 2.11. The van der Waals surface area contributed by atoms with E-state index < -0.39 is 0 Å². The second-order valence-electron chi connectivity index (χ2n) is 4.30. The van der Waals surface area contributed by atoms with Crippen molar-refractivity contribution in [2.75, 3.05) is 11.9 Å². The molecule has 1 aromatic carbocycles. The van der Waals surface area contributed by atoms with Gasteiger partial charge in [-0.15, -0.1) is 0 Å². The van der Waals surface area contributed by atoms with E-state index in [1.54, 1.807) is 0 Å². The van der Waals surface area contributed by atoms with Gasteiger partial charge in [0.15, 0.2) is 0 Å². The molecule has 0 aliphatic carbocycles. The van der Waals surface area contributed by atoms with E-state index in [9.17, 15) is 0 Å². The van der Waals surface area contributed by atoms with Crippen LogP contribution in [0.1, 0.15) is 25.8 Å². The lowest BCUT2D eigenvalue weighted by Crippen LogP contribution is -2.03. The largest absolute Gasteiger partial charge is 0.492 e. The van der Waals surface area contributed by atoms with Crippen LogP contribution in [0.5, 0.6) is 5.75 Å². The summed E-state index contributed by atoms with van der Waals surface area (Å²) in [6.07, 6.45) is 3.28. The number of rotatable bonds is 6. The fourth-order valence-electron chi connectivity index (χ4n) is 1.95. The molecule has 5 heteroatoms. The lowest BCUT2D eigenvalue weighted by molar-refractivity contribution is 0.342. The summed E-state index contributed by atoms with van der Waals surface area (Å²) in [6, 6.07) is 7.77. The Hall–Kier alpha value is -1.81. The van der Waals surface area contributed by atoms with Crippen molar-refractivity contribution in [1.29, 1.82) is 0 Å². The number of hydrogen-bond donors (Lipinski definition) is 1. The van der Waals surface area contributed by atoms with Gasteiger partial charge in [-0.2, -0.15) is 0 Å². The maximum Gasteiger partial charge on any atom is 0.142 e. The Kier molecular flexibility index (Phi) is 5.18. The third-order valence-electron chi connectivity index (χ3n) is 2.83. The summed E-state index contributed by atoms with van der Waals surface area (Å²) in [5.74, 6) is 1.53. The van der Waals surface area contributed by atoms with Crippen LogP contribution in [0.25, 0.3) is 0 Å². The second-order valence-corrected chi connectivity index (χ2v) is 4.65. The Bertz CT molecular complexity index is 575. The smallest absolute Gasteiger partial charge is 0.142 e. The molecule has 0 bridgehead atoms. The van der Waals surface area contributed by atoms with Crippen molar-refractivity contribution in [3.8, 4) is 5.75 Å². The second kappa shape index (κ2) is 7.10. The van der Waals surface area contributed by atoms with Crippen molar-refractivity contribution in [3.63, 3.8) is 0 Å². The molecule has 0 unspecified atom stereocenters. The van der Waals surface area contributed by atoms with Crippen LogP contribution in [0.3, 0.4) is 0 Å². The molecule has 0 atom stereocenters. The van der Waals surface area contributed by atoms with Crippen molar-refractivity contribution in [1.82, 2.24) is 9.97 Å². The Morgan fingerprint density at radius 3 is 2.75 bits per heavy atom. The van der Waals surface area contributed by atoms with Crippen molar-refractivity contribution in [2.24, 2.45) is 0 Å². The van der Waals surface area contributed by atoms with Crippen LogP contribution in [0.15, 0.2) is 30.6 Å². The Labute approximate surface area is 124 Å². The van der Waals surface area contributed by atoms with Crippen LogP contribution in [0, 0.1) is 0 Å². The number of para-hydroxylation sites is 2. The molecular formula is C15H18ClN3O. The molecule has 0 saturated heterocycles. The number of hydrogen-bond acceptors (Lipinski definition) is 4. The van der Waals surface area contributed by atoms with E-state index in [0.717, 1.165) is 35.7 Å². The van der Waals surface area contributed by atoms with Gasteiger partial charge in [0.1, 0.15) is 23.0 Å². The molecule has 1 N–H and O–H groups in total. The summed E-state index contributed by atoms with van der Waals surface area (Å²) in [5.41, 5.74) is 1.81. The predicted octanol–water partition coefficient (Wildman–Crippen LogP) is 4.22. The summed E-state index contributed by atoms with van der Waals surface area (Å²) in [5, 5.41) is 3.79. The molecule has 0 aliphatic heterocycles. The summed E-state index contributed by atoms with van der Waals surface area (Å²) in [4.78, 5) is 8.33. The van der Waals surface area contributed by atoms with E-state index in [1.807, 2.05) is 31.2 Å². The zero-order chi connectivity index (χ0) is 14.4. The molecule has 106 valence electrons. The Balaban J connectivity index is 2.32. The highest BCUT2D eigenvalue weighted by atomic mass is 35.5. The zero-order valence-corrected chi connectivity index (χ0v) is 12.4. The molecule has 0 saturated carbocycles. The van der Waals surface area contributed by atoms with E-state index >= 15 is 0 Å². The molecule has 0 amide bonds.